The lowest BCUT2D eigenvalue weighted by Gasteiger charge is -2.18. The molecule has 0 bridgehead atoms. The molecule has 5 heteroatoms. The Morgan fingerprint density at radius 2 is 2.17 bits per heavy atom. The molecule has 1 aromatic heterocycles. The van der Waals surface area contributed by atoms with Gasteiger partial charge in [-0.3, -0.25) is 4.98 Å². The van der Waals surface area contributed by atoms with Crippen molar-refractivity contribution in [1.82, 2.24) is 4.98 Å². The van der Waals surface area contributed by atoms with E-state index in [-0.39, 0.29) is 6.04 Å². The molecule has 0 spiro atoms. The molecule has 1 unspecified atom stereocenters. The standard InChI is InChI=1S/C13H13BrClN3/c14-10-4-9(7-17-8-10)13(6-16)18-12-3-1-2-11(15)5-12/h1-5,7-8,13,18H,6,16H2. The topological polar surface area (TPSA) is 50.9 Å². The molecule has 3 nitrogen and oxygen atoms in total. The molecule has 0 aliphatic heterocycles. The van der Waals surface area contributed by atoms with Crippen molar-refractivity contribution in [2.75, 3.05) is 11.9 Å². The van der Waals surface area contributed by atoms with Crippen molar-refractivity contribution in [2.45, 2.75) is 6.04 Å². The van der Waals surface area contributed by atoms with Gasteiger partial charge in [0.05, 0.1) is 6.04 Å². The molecule has 18 heavy (non-hydrogen) atoms. The summed E-state index contributed by atoms with van der Waals surface area (Å²) in [7, 11) is 0. The van der Waals surface area contributed by atoms with E-state index in [1.807, 2.05) is 30.3 Å². The van der Waals surface area contributed by atoms with Gasteiger partial charge >= 0.3 is 0 Å². The molecule has 0 radical (unpaired) electrons. The van der Waals surface area contributed by atoms with Crippen LogP contribution in [0.25, 0.3) is 0 Å². The van der Waals surface area contributed by atoms with Gasteiger partial charge in [0.2, 0.25) is 0 Å². The van der Waals surface area contributed by atoms with Crippen molar-refractivity contribution in [2.24, 2.45) is 5.73 Å². The second kappa shape index (κ2) is 6.18. The van der Waals surface area contributed by atoms with Crippen LogP contribution in [0.1, 0.15) is 11.6 Å². The van der Waals surface area contributed by atoms with Gasteiger partial charge in [-0.2, -0.15) is 0 Å². The molecule has 0 aliphatic carbocycles. The summed E-state index contributed by atoms with van der Waals surface area (Å²) in [6.07, 6.45) is 3.55. The Bertz CT molecular complexity index is 533. The van der Waals surface area contributed by atoms with Crippen molar-refractivity contribution in [1.29, 1.82) is 0 Å². The van der Waals surface area contributed by atoms with Crippen LogP contribution < -0.4 is 11.1 Å². The van der Waals surface area contributed by atoms with Crippen LogP contribution in [0.4, 0.5) is 5.69 Å². The first-order valence-corrected chi connectivity index (χ1v) is 6.69. The number of halogens is 2. The number of nitrogens with one attached hydrogen (secondary N) is 1. The first-order chi connectivity index (χ1) is 8.69. The minimum atomic E-state index is 0.00784. The molecule has 0 saturated heterocycles. The molecule has 0 aliphatic rings. The summed E-state index contributed by atoms with van der Waals surface area (Å²) in [5.41, 5.74) is 7.78. The van der Waals surface area contributed by atoms with E-state index in [9.17, 15) is 0 Å². The van der Waals surface area contributed by atoms with Crippen molar-refractivity contribution < 1.29 is 0 Å². The van der Waals surface area contributed by atoms with Crippen molar-refractivity contribution >= 4 is 33.2 Å². The Hall–Kier alpha value is -1.10. The van der Waals surface area contributed by atoms with Gasteiger partial charge in [0, 0.05) is 34.1 Å². The van der Waals surface area contributed by atoms with Crippen molar-refractivity contribution in [3.63, 3.8) is 0 Å². The average molecular weight is 327 g/mol. The first kappa shape index (κ1) is 13.3. The fourth-order valence-corrected chi connectivity index (χ4v) is 2.25. The summed E-state index contributed by atoms with van der Waals surface area (Å²) in [4.78, 5) is 4.14. The number of rotatable bonds is 4. The smallest absolute Gasteiger partial charge is 0.0651 e. The van der Waals surface area contributed by atoms with Crippen LogP contribution in [0.5, 0.6) is 0 Å². The molecule has 0 fully saturated rings. The van der Waals surface area contributed by atoms with E-state index in [0.29, 0.717) is 11.6 Å². The lowest BCUT2D eigenvalue weighted by atomic mass is 10.1. The summed E-state index contributed by atoms with van der Waals surface area (Å²) in [5.74, 6) is 0. The molecule has 1 heterocycles. The minimum Gasteiger partial charge on any atom is -0.377 e. The molecule has 1 aromatic carbocycles. The van der Waals surface area contributed by atoms with Gasteiger partial charge in [0.15, 0.2) is 0 Å². The normalized spacial score (nSPS) is 12.2. The van der Waals surface area contributed by atoms with Crippen LogP contribution in [-0.4, -0.2) is 11.5 Å². The van der Waals surface area contributed by atoms with Crippen LogP contribution >= 0.6 is 27.5 Å². The molecular formula is C13H13BrClN3. The minimum absolute atomic E-state index is 0.00784. The maximum absolute atomic E-state index is 5.95. The number of benzene rings is 1. The first-order valence-electron chi connectivity index (χ1n) is 5.51. The zero-order valence-electron chi connectivity index (χ0n) is 9.61. The maximum Gasteiger partial charge on any atom is 0.0651 e. The lowest BCUT2D eigenvalue weighted by molar-refractivity contribution is 0.784. The van der Waals surface area contributed by atoms with E-state index in [1.54, 1.807) is 12.4 Å². The summed E-state index contributed by atoms with van der Waals surface area (Å²) >= 11 is 9.36. The highest BCUT2D eigenvalue weighted by Gasteiger charge is 2.10. The zero-order chi connectivity index (χ0) is 13.0. The third-order valence-electron chi connectivity index (χ3n) is 2.53. The molecule has 94 valence electrons. The summed E-state index contributed by atoms with van der Waals surface area (Å²) in [6.45, 7) is 0.477. The number of pyridine rings is 1. The molecule has 0 saturated carbocycles. The third kappa shape index (κ3) is 3.45. The van der Waals surface area contributed by atoms with Crippen LogP contribution in [0, 0.1) is 0 Å². The molecule has 2 aromatic rings. The van der Waals surface area contributed by atoms with Crippen LogP contribution in [0.15, 0.2) is 47.2 Å². The molecule has 2 rings (SSSR count). The number of anilines is 1. The fraction of sp³-hybridized carbons (Fsp3) is 0.154. The Balaban J connectivity index is 2.19. The van der Waals surface area contributed by atoms with Crippen molar-refractivity contribution in [3.8, 4) is 0 Å². The van der Waals surface area contributed by atoms with Crippen LogP contribution in [-0.2, 0) is 0 Å². The van der Waals surface area contributed by atoms with E-state index in [4.69, 9.17) is 17.3 Å². The largest absolute Gasteiger partial charge is 0.377 e. The number of nitrogens with two attached hydrogens (primary N) is 1. The summed E-state index contributed by atoms with van der Waals surface area (Å²) in [6, 6.07) is 9.58. The van der Waals surface area contributed by atoms with Gasteiger partial charge in [-0.05, 0) is 45.8 Å². The van der Waals surface area contributed by atoms with E-state index >= 15 is 0 Å². The number of hydrogen-bond donors (Lipinski definition) is 2. The Morgan fingerprint density at radius 3 is 2.83 bits per heavy atom. The van der Waals surface area contributed by atoms with E-state index in [1.165, 1.54) is 0 Å². The van der Waals surface area contributed by atoms with Gasteiger partial charge < -0.3 is 11.1 Å². The molecule has 0 amide bonds. The van der Waals surface area contributed by atoms with Gasteiger partial charge in [0.1, 0.15) is 0 Å². The van der Waals surface area contributed by atoms with E-state index in [0.717, 1.165) is 15.7 Å². The van der Waals surface area contributed by atoms with Gasteiger partial charge in [-0.1, -0.05) is 17.7 Å². The van der Waals surface area contributed by atoms with E-state index < -0.39 is 0 Å². The highest BCUT2D eigenvalue weighted by atomic mass is 79.9. The Kier molecular flexibility index (Phi) is 4.58. The Labute approximate surface area is 119 Å². The average Bonchev–Trinajstić information content (AvgIpc) is 2.36. The molecule has 3 N–H and O–H groups in total. The summed E-state index contributed by atoms with van der Waals surface area (Å²) in [5, 5.41) is 4.04. The number of nitrogens with zero attached hydrogens (tertiary/aromatic N) is 1. The van der Waals surface area contributed by atoms with Crippen LogP contribution in [0.3, 0.4) is 0 Å². The predicted molar refractivity (Wildman–Crippen MR) is 78.8 cm³/mol. The molecule has 1 atom stereocenters. The third-order valence-corrected chi connectivity index (χ3v) is 3.20. The van der Waals surface area contributed by atoms with Crippen LogP contribution in [0.2, 0.25) is 5.02 Å². The number of aromatic nitrogens is 1. The zero-order valence-corrected chi connectivity index (χ0v) is 11.9. The Morgan fingerprint density at radius 1 is 1.33 bits per heavy atom. The predicted octanol–water partition coefficient (Wildman–Crippen LogP) is 3.61. The van der Waals surface area contributed by atoms with Gasteiger partial charge in [-0.15, -0.1) is 0 Å². The van der Waals surface area contributed by atoms with E-state index in [2.05, 4.69) is 26.2 Å². The van der Waals surface area contributed by atoms with Gasteiger partial charge in [-0.25, -0.2) is 0 Å². The second-order valence-electron chi connectivity index (χ2n) is 3.88. The monoisotopic (exact) mass is 325 g/mol. The lowest BCUT2D eigenvalue weighted by Crippen LogP contribution is -2.20. The quantitative estimate of drug-likeness (QED) is 0.902. The van der Waals surface area contributed by atoms with Crippen molar-refractivity contribution in [3.05, 3.63) is 57.8 Å². The number of hydrogen-bond acceptors (Lipinski definition) is 3. The SMILES string of the molecule is NCC(Nc1cccc(Cl)c1)c1cncc(Br)c1. The summed E-state index contributed by atoms with van der Waals surface area (Å²) < 4.78 is 0.936. The second-order valence-corrected chi connectivity index (χ2v) is 5.23. The highest BCUT2D eigenvalue weighted by Crippen LogP contribution is 2.22. The maximum atomic E-state index is 5.95. The highest BCUT2D eigenvalue weighted by molar-refractivity contribution is 9.10. The molecular weight excluding hydrogens is 314 g/mol. The van der Waals surface area contributed by atoms with Gasteiger partial charge in [0.25, 0.3) is 0 Å². The fourth-order valence-electron chi connectivity index (χ4n) is 1.68.